The molecule has 10 nitrogen and oxygen atoms in total. The van der Waals surface area contributed by atoms with Crippen LogP contribution in [0.4, 0.5) is 11.5 Å². The van der Waals surface area contributed by atoms with Crippen molar-refractivity contribution < 1.29 is 18.9 Å². The zero-order valence-electron chi connectivity index (χ0n) is 18.0. The number of hydrazone groups is 1. The molecule has 0 aliphatic heterocycles. The van der Waals surface area contributed by atoms with Gasteiger partial charge in [-0.3, -0.25) is 19.7 Å². The van der Waals surface area contributed by atoms with Crippen molar-refractivity contribution in [2.75, 3.05) is 5.32 Å². The van der Waals surface area contributed by atoms with Gasteiger partial charge in [0.05, 0.1) is 10.6 Å². The number of nitro groups is 1. The van der Waals surface area contributed by atoms with E-state index in [9.17, 15) is 19.7 Å². The molecule has 0 saturated carbocycles. The summed E-state index contributed by atoms with van der Waals surface area (Å²) in [5.74, 6) is 0.352. The van der Waals surface area contributed by atoms with Crippen molar-refractivity contribution in [2.45, 2.75) is 33.1 Å². The lowest BCUT2D eigenvalue weighted by Gasteiger charge is -2.13. The number of furan rings is 1. The standard InChI is InChI=1S/C23H21N5O5/c1-13-5-3-8-19(24-13)25-23(30)21-14(2)20-17(6-4-7-18(20)33-21)26-27-22(29)15-9-11-16(12-10-15)28(31)32/h3,5,8-12H,4,6-7H2,1-2H3,(H,27,29)(H,24,25,30)/b26-17+. The van der Waals surface area contributed by atoms with Gasteiger partial charge in [-0.2, -0.15) is 5.10 Å². The molecule has 2 N–H and O–H groups in total. The summed E-state index contributed by atoms with van der Waals surface area (Å²) in [6.45, 7) is 3.61. The number of nitrogens with one attached hydrogen (secondary N) is 2. The summed E-state index contributed by atoms with van der Waals surface area (Å²) in [5.41, 5.74) is 5.38. The number of carbonyl (C=O) groups excluding carboxylic acids is 2. The van der Waals surface area contributed by atoms with Crippen LogP contribution in [0.25, 0.3) is 0 Å². The summed E-state index contributed by atoms with van der Waals surface area (Å²) in [4.78, 5) is 39.7. The highest BCUT2D eigenvalue weighted by Gasteiger charge is 2.28. The maximum atomic E-state index is 12.8. The third kappa shape index (κ3) is 4.64. The number of fused-ring (bicyclic) bond motifs is 1. The highest BCUT2D eigenvalue weighted by Crippen LogP contribution is 2.30. The van der Waals surface area contributed by atoms with E-state index in [1.165, 1.54) is 24.3 Å². The van der Waals surface area contributed by atoms with E-state index in [2.05, 4.69) is 20.8 Å². The molecule has 1 aromatic carbocycles. The van der Waals surface area contributed by atoms with Gasteiger partial charge in [0.25, 0.3) is 17.5 Å². The van der Waals surface area contributed by atoms with Gasteiger partial charge in [-0.15, -0.1) is 0 Å². The average Bonchev–Trinajstić information content (AvgIpc) is 3.15. The van der Waals surface area contributed by atoms with Gasteiger partial charge in [0.2, 0.25) is 0 Å². The van der Waals surface area contributed by atoms with Crippen molar-refractivity contribution >= 4 is 29.0 Å². The number of amides is 2. The van der Waals surface area contributed by atoms with E-state index in [-0.39, 0.29) is 17.0 Å². The quantitative estimate of drug-likeness (QED) is 0.449. The Labute approximate surface area is 188 Å². The summed E-state index contributed by atoms with van der Waals surface area (Å²) < 4.78 is 5.86. The summed E-state index contributed by atoms with van der Waals surface area (Å²) in [5, 5.41) is 17.8. The fraction of sp³-hybridized carbons (Fsp3) is 0.217. The van der Waals surface area contributed by atoms with Gasteiger partial charge in [-0.05, 0) is 51.0 Å². The van der Waals surface area contributed by atoms with Crippen LogP contribution in [0.15, 0.2) is 52.0 Å². The van der Waals surface area contributed by atoms with E-state index in [1.807, 2.05) is 13.0 Å². The van der Waals surface area contributed by atoms with Crippen LogP contribution in [0.1, 0.15) is 56.3 Å². The molecule has 2 amide bonds. The Kier molecular flexibility index (Phi) is 5.99. The van der Waals surface area contributed by atoms with Crippen molar-refractivity contribution in [3.63, 3.8) is 0 Å². The van der Waals surface area contributed by atoms with Crippen molar-refractivity contribution in [3.8, 4) is 0 Å². The Hall–Kier alpha value is -4.34. The SMILES string of the molecule is Cc1cccc(NC(=O)c2oc3c(c2C)/C(=N/NC(=O)c2ccc([N+](=O)[O-])cc2)CCC3)n1. The lowest BCUT2D eigenvalue weighted by molar-refractivity contribution is -0.384. The summed E-state index contributed by atoms with van der Waals surface area (Å²) in [6, 6.07) is 10.6. The number of rotatable bonds is 5. The molecule has 0 spiro atoms. The zero-order chi connectivity index (χ0) is 23.5. The number of aromatic nitrogens is 1. The largest absolute Gasteiger partial charge is 0.455 e. The van der Waals surface area contributed by atoms with E-state index in [0.717, 1.165) is 12.1 Å². The highest BCUT2D eigenvalue weighted by molar-refractivity contribution is 6.09. The average molecular weight is 447 g/mol. The van der Waals surface area contributed by atoms with Crippen LogP contribution < -0.4 is 10.7 Å². The Morgan fingerprint density at radius 2 is 1.85 bits per heavy atom. The van der Waals surface area contributed by atoms with Crippen molar-refractivity contribution in [1.82, 2.24) is 10.4 Å². The molecule has 0 radical (unpaired) electrons. The molecule has 2 aromatic heterocycles. The molecule has 168 valence electrons. The number of nitro benzene ring substituents is 1. The van der Waals surface area contributed by atoms with Gasteiger partial charge in [-0.1, -0.05) is 6.07 Å². The molecule has 33 heavy (non-hydrogen) atoms. The zero-order valence-corrected chi connectivity index (χ0v) is 18.0. The first-order valence-electron chi connectivity index (χ1n) is 10.3. The summed E-state index contributed by atoms with van der Waals surface area (Å²) >= 11 is 0. The van der Waals surface area contributed by atoms with Crippen LogP contribution in [0, 0.1) is 24.0 Å². The molecule has 1 aliphatic rings. The first kappa shape index (κ1) is 21.9. The van der Waals surface area contributed by atoms with Gasteiger partial charge >= 0.3 is 0 Å². The molecule has 0 fully saturated rings. The molecule has 2 heterocycles. The number of hydrogen-bond donors (Lipinski definition) is 2. The van der Waals surface area contributed by atoms with Crippen LogP contribution in [0.5, 0.6) is 0 Å². The maximum Gasteiger partial charge on any atom is 0.292 e. The lowest BCUT2D eigenvalue weighted by atomic mass is 9.93. The number of anilines is 1. The van der Waals surface area contributed by atoms with E-state index >= 15 is 0 Å². The van der Waals surface area contributed by atoms with Crippen molar-refractivity contribution in [2.24, 2.45) is 5.10 Å². The first-order valence-corrected chi connectivity index (χ1v) is 10.3. The van der Waals surface area contributed by atoms with Gasteiger partial charge in [0.15, 0.2) is 5.76 Å². The number of hydrogen-bond acceptors (Lipinski definition) is 7. The van der Waals surface area contributed by atoms with Crippen LogP contribution in [-0.2, 0) is 6.42 Å². The second-order valence-electron chi connectivity index (χ2n) is 7.63. The summed E-state index contributed by atoms with van der Waals surface area (Å²) in [7, 11) is 0. The molecular weight excluding hydrogens is 426 g/mol. The Morgan fingerprint density at radius 3 is 2.55 bits per heavy atom. The number of benzene rings is 1. The molecule has 3 aromatic rings. The fourth-order valence-electron chi connectivity index (χ4n) is 3.70. The topological polar surface area (TPSA) is 140 Å². The minimum atomic E-state index is -0.532. The second-order valence-corrected chi connectivity index (χ2v) is 7.63. The third-order valence-corrected chi connectivity index (χ3v) is 5.29. The predicted octanol–water partition coefficient (Wildman–Crippen LogP) is 3.92. The van der Waals surface area contributed by atoms with Crippen molar-refractivity contribution in [1.29, 1.82) is 0 Å². The normalized spacial score (nSPS) is 13.9. The number of pyridine rings is 1. The van der Waals surface area contributed by atoms with Crippen LogP contribution in [0.2, 0.25) is 0 Å². The molecule has 0 atom stereocenters. The maximum absolute atomic E-state index is 12.8. The van der Waals surface area contributed by atoms with Crippen LogP contribution in [-0.4, -0.2) is 27.4 Å². The molecule has 0 bridgehead atoms. The molecule has 0 unspecified atom stereocenters. The highest BCUT2D eigenvalue weighted by atomic mass is 16.6. The summed E-state index contributed by atoms with van der Waals surface area (Å²) in [6.07, 6.45) is 2.02. The monoisotopic (exact) mass is 447 g/mol. The number of nitrogens with zero attached hydrogens (tertiary/aromatic N) is 3. The van der Waals surface area contributed by atoms with E-state index in [1.54, 1.807) is 19.1 Å². The Bertz CT molecular complexity index is 1280. The minimum Gasteiger partial charge on any atom is -0.455 e. The van der Waals surface area contributed by atoms with Crippen LogP contribution in [0.3, 0.4) is 0 Å². The van der Waals surface area contributed by atoms with Gasteiger partial charge < -0.3 is 9.73 Å². The van der Waals surface area contributed by atoms with Crippen LogP contribution >= 0.6 is 0 Å². The number of aryl methyl sites for hydroxylation is 2. The first-order chi connectivity index (χ1) is 15.8. The fourth-order valence-corrected chi connectivity index (χ4v) is 3.70. The predicted molar refractivity (Wildman–Crippen MR) is 120 cm³/mol. The molecule has 4 rings (SSSR count). The molecular formula is C23H21N5O5. The molecule has 1 aliphatic carbocycles. The van der Waals surface area contributed by atoms with Gasteiger partial charge in [0, 0.05) is 40.9 Å². The van der Waals surface area contributed by atoms with E-state index in [0.29, 0.717) is 41.3 Å². The molecule has 10 heteroatoms. The van der Waals surface area contributed by atoms with E-state index < -0.39 is 16.7 Å². The third-order valence-electron chi connectivity index (χ3n) is 5.29. The lowest BCUT2D eigenvalue weighted by Crippen LogP contribution is -2.22. The number of non-ortho nitro benzene ring substituents is 1. The smallest absolute Gasteiger partial charge is 0.292 e. The van der Waals surface area contributed by atoms with Crippen molar-refractivity contribution in [3.05, 3.63) is 86.5 Å². The van der Waals surface area contributed by atoms with E-state index in [4.69, 9.17) is 4.42 Å². The number of carbonyl (C=O) groups is 2. The Balaban J connectivity index is 1.54. The van der Waals surface area contributed by atoms with Gasteiger partial charge in [-0.25, -0.2) is 10.4 Å². The second kappa shape index (κ2) is 9.03. The Morgan fingerprint density at radius 1 is 1.09 bits per heavy atom. The molecule has 0 saturated heterocycles. The van der Waals surface area contributed by atoms with Gasteiger partial charge in [0.1, 0.15) is 11.6 Å². The minimum absolute atomic E-state index is 0.101.